The lowest BCUT2D eigenvalue weighted by Gasteiger charge is -1.85. The van der Waals surface area contributed by atoms with Crippen LogP contribution in [0.4, 0.5) is 0 Å². The van der Waals surface area contributed by atoms with Crippen LogP contribution in [0.15, 0.2) is 0 Å². The van der Waals surface area contributed by atoms with Gasteiger partial charge in [0, 0.05) is 1.43 Å². The minimum atomic E-state index is 0. The summed E-state index contributed by atoms with van der Waals surface area (Å²) >= 11 is 0. The lowest BCUT2D eigenvalue weighted by Crippen LogP contribution is -1.66. The maximum Gasteiger partial charge on any atom is 0 e. The number of rotatable bonds is 0. The zero-order valence-electron chi connectivity index (χ0n) is 18.6. The minimum Gasteiger partial charge on any atom is -0.0683 e. The van der Waals surface area contributed by atoms with Crippen molar-refractivity contribution in [1.82, 2.24) is 0 Å². The van der Waals surface area contributed by atoms with Gasteiger partial charge in [-0.25, -0.2) is 0 Å². The molecular formula is C23H56. The first-order valence-corrected chi connectivity index (χ1v) is 11.4. The molecule has 0 amide bonds. The van der Waals surface area contributed by atoms with Crippen LogP contribution in [0.3, 0.4) is 0 Å². The fraction of sp³-hybridized carbons (Fsp3) is 1.00. The molecule has 0 bridgehead atoms. The largest absolute Gasteiger partial charge is 0.0683 e. The molecule has 0 aromatic rings. The summed E-state index contributed by atoms with van der Waals surface area (Å²) in [6, 6.07) is 0. The molecule has 2 rings (SSSR count). The van der Waals surface area contributed by atoms with Gasteiger partial charge in [0.25, 0.3) is 0 Å². The van der Waals surface area contributed by atoms with Gasteiger partial charge in [0.05, 0.1) is 0 Å². The topological polar surface area (TPSA) is 0 Å². The van der Waals surface area contributed by atoms with Gasteiger partial charge in [0.1, 0.15) is 0 Å². The first kappa shape index (κ1) is 30.8. The maximum atomic E-state index is 2.12. The molecule has 0 aromatic carbocycles. The van der Waals surface area contributed by atoms with E-state index in [9.17, 15) is 0 Å². The van der Waals surface area contributed by atoms with Gasteiger partial charge >= 0.3 is 0 Å². The lowest BCUT2D eigenvalue weighted by atomic mass is 10.2. The molecular weight excluding hydrogens is 276 g/mol. The van der Waals surface area contributed by atoms with E-state index in [0.717, 1.165) is 0 Å². The Balaban J connectivity index is -0.0000000668. The zero-order chi connectivity index (χ0) is 18.6. The van der Waals surface area contributed by atoms with E-state index < -0.39 is 0 Å². The molecule has 0 atom stereocenters. The molecule has 23 heavy (non-hydrogen) atoms. The Morgan fingerprint density at radius 3 is 0.435 bits per heavy atom. The molecule has 0 N–H and O–H groups in total. The highest BCUT2D eigenvalue weighted by atomic mass is 14.0. The average molecular weight is 333 g/mol. The highest BCUT2D eigenvalue weighted by Gasteiger charge is 1.96. The van der Waals surface area contributed by atoms with Gasteiger partial charge < -0.3 is 0 Å². The van der Waals surface area contributed by atoms with E-state index >= 15 is 0 Å². The van der Waals surface area contributed by atoms with E-state index in [2.05, 4.69) is 13.8 Å². The normalized spacial score (nSPS) is 16.2. The number of hydrogen-bond donors (Lipinski definition) is 0. The third-order valence-electron chi connectivity index (χ3n) is 3.50. The maximum absolute atomic E-state index is 2.12. The van der Waals surface area contributed by atoms with Gasteiger partial charge in [0.2, 0.25) is 0 Å². The van der Waals surface area contributed by atoms with E-state index in [4.69, 9.17) is 0 Å². The van der Waals surface area contributed by atoms with E-state index in [1.165, 1.54) is 96.3 Å². The molecule has 0 heteroatoms. The minimum absolute atomic E-state index is 0. The van der Waals surface area contributed by atoms with Crippen molar-refractivity contribution in [3.63, 3.8) is 0 Å². The summed E-state index contributed by atoms with van der Waals surface area (Å²) in [7, 11) is 0. The van der Waals surface area contributed by atoms with Crippen LogP contribution in [0.1, 0.15) is 153 Å². The third kappa shape index (κ3) is 44.9. The molecule has 0 aliphatic heterocycles. The van der Waals surface area contributed by atoms with Crippen LogP contribution in [0, 0.1) is 0 Å². The Labute approximate surface area is 153 Å². The molecule has 0 unspecified atom stereocenters. The molecule has 2 fully saturated rings. The Bertz CT molecular complexity index is 69.9. The first-order chi connectivity index (χ1) is 11.4. The Kier molecular flexibility index (Phi) is 57.8. The lowest BCUT2D eigenvalue weighted by molar-refractivity contribution is 0.702. The van der Waals surface area contributed by atoms with Crippen molar-refractivity contribution in [2.45, 2.75) is 152 Å². The van der Waals surface area contributed by atoms with Crippen LogP contribution >= 0.6 is 0 Å². The van der Waals surface area contributed by atoms with E-state index in [0.29, 0.717) is 0 Å². The smallest absolute Gasteiger partial charge is 0 e. The van der Waals surface area contributed by atoms with Crippen LogP contribution in [0.25, 0.3) is 0 Å². The SMILES string of the molecule is C1CCCCCC1.C1CCCCCC1.CC.CC.CC.CCC.[HH]. The van der Waals surface area contributed by atoms with Crippen LogP contribution in [-0.4, -0.2) is 0 Å². The first-order valence-electron chi connectivity index (χ1n) is 11.4. The molecule has 0 nitrogen and oxygen atoms in total. The Hall–Kier alpha value is 0. The predicted molar refractivity (Wildman–Crippen MR) is 117 cm³/mol. The molecule has 0 saturated heterocycles. The summed E-state index contributed by atoms with van der Waals surface area (Å²) < 4.78 is 0. The molecule has 0 aromatic heterocycles. The van der Waals surface area contributed by atoms with Crippen molar-refractivity contribution < 1.29 is 1.43 Å². The van der Waals surface area contributed by atoms with Crippen molar-refractivity contribution in [3.8, 4) is 0 Å². The van der Waals surface area contributed by atoms with Gasteiger partial charge in [-0.15, -0.1) is 0 Å². The van der Waals surface area contributed by atoms with Gasteiger partial charge in [-0.05, 0) is 0 Å². The van der Waals surface area contributed by atoms with Crippen LogP contribution < -0.4 is 0 Å². The monoisotopic (exact) mass is 332 g/mol. The van der Waals surface area contributed by atoms with Gasteiger partial charge in [0.15, 0.2) is 0 Å². The molecule has 2 saturated carbocycles. The highest BCUT2D eigenvalue weighted by molar-refractivity contribution is 4.51. The van der Waals surface area contributed by atoms with Gasteiger partial charge in [-0.1, -0.05) is 152 Å². The number of hydrogen-bond acceptors (Lipinski definition) is 0. The van der Waals surface area contributed by atoms with Crippen LogP contribution in [0.2, 0.25) is 0 Å². The standard InChI is InChI=1S/2C7H14.C3H8.3C2H6.H2/c2*1-2-4-6-7-5-3-1;1-3-2;3*1-2;/h2*1-7H2;3H2,1-2H3;3*1-2H3;1H. The van der Waals surface area contributed by atoms with Crippen molar-refractivity contribution in [2.75, 3.05) is 0 Å². The summed E-state index contributed by atoms with van der Waals surface area (Å²) in [6.07, 6.45) is 22.2. The molecule has 2 aliphatic carbocycles. The quantitative estimate of drug-likeness (QED) is 0.387. The average Bonchev–Trinajstić information content (AvgIpc) is 3.11. The van der Waals surface area contributed by atoms with Crippen molar-refractivity contribution in [2.24, 2.45) is 0 Å². The fourth-order valence-corrected chi connectivity index (χ4v) is 2.47. The zero-order valence-corrected chi connectivity index (χ0v) is 18.6. The second-order valence-electron chi connectivity index (χ2n) is 5.66. The molecule has 2 aliphatic rings. The Morgan fingerprint density at radius 2 is 0.391 bits per heavy atom. The van der Waals surface area contributed by atoms with Crippen molar-refractivity contribution in [1.29, 1.82) is 0 Å². The summed E-state index contributed by atoms with van der Waals surface area (Å²) in [5, 5.41) is 0. The third-order valence-corrected chi connectivity index (χ3v) is 3.50. The van der Waals surface area contributed by atoms with E-state index in [-0.39, 0.29) is 1.43 Å². The van der Waals surface area contributed by atoms with Crippen molar-refractivity contribution in [3.05, 3.63) is 0 Å². The second kappa shape index (κ2) is 43.1. The Morgan fingerprint density at radius 1 is 0.348 bits per heavy atom. The molecule has 0 heterocycles. The van der Waals surface area contributed by atoms with Crippen LogP contribution in [0.5, 0.6) is 0 Å². The van der Waals surface area contributed by atoms with E-state index in [1.807, 2.05) is 41.5 Å². The molecule has 148 valence electrons. The highest BCUT2D eigenvalue weighted by Crippen LogP contribution is 2.16. The summed E-state index contributed by atoms with van der Waals surface area (Å²) in [4.78, 5) is 0. The fourth-order valence-electron chi connectivity index (χ4n) is 2.47. The molecule has 0 spiro atoms. The summed E-state index contributed by atoms with van der Waals surface area (Å²) in [5.74, 6) is 0. The second-order valence-corrected chi connectivity index (χ2v) is 5.66. The van der Waals surface area contributed by atoms with Gasteiger partial charge in [-0.2, -0.15) is 0 Å². The summed E-state index contributed by atoms with van der Waals surface area (Å²) in [5.41, 5.74) is 0. The predicted octanol–water partition coefficient (Wildman–Crippen LogP) is 10.2. The van der Waals surface area contributed by atoms with Crippen molar-refractivity contribution >= 4 is 0 Å². The van der Waals surface area contributed by atoms with Crippen LogP contribution in [-0.2, 0) is 0 Å². The molecule has 0 radical (unpaired) electrons. The summed E-state index contributed by atoms with van der Waals surface area (Å²) in [6.45, 7) is 16.2. The van der Waals surface area contributed by atoms with E-state index in [1.54, 1.807) is 0 Å². The van der Waals surface area contributed by atoms with Gasteiger partial charge in [-0.3, -0.25) is 0 Å².